The number of anilines is 5. The van der Waals surface area contributed by atoms with Crippen LogP contribution in [0.3, 0.4) is 0 Å². The number of nitrogens with zero attached hydrogens (tertiary/aromatic N) is 5. The molecule has 0 bridgehead atoms. The lowest BCUT2D eigenvalue weighted by Gasteiger charge is -2.40. The average molecular weight is 522 g/mol. The maximum Gasteiger partial charge on any atom is 0.258 e. The van der Waals surface area contributed by atoms with Crippen LogP contribution in [0.15, 0.2) is 36.5 Å². The molecule has 5 rings (SSSR count). The van der Waals surface area contributed by atoms with Gasteiger partial charge in [0.1, 0.15) is 12.2 Å². The first-order valence-electron chi connectivity index (χ1n) is 10.8. The molecule has 0 radical (unpaired) electrons. The number of ether oxygens (including phenoxy) is 1. The van der Waals surface area contributed by atoms with Gasteiger partial charge in [0.05, 0.1) is 24.4 Å². The standard InChI is InChI=1S/C22H23ClF2N7O2P/c1-34-15-8-17(32-11-21(12-32)10-22(21,24)25)30-31-19(15)29-20-26-9-13(23)18(28-20)27-14-6-4-5-7-16(14)35(2,3)33/h4-9H,10-12H2,1-3H3,(H2,26,27,28,29,31). The highest BCUT2D eigenvalue weighted by atomic mass is 35.5. The number of para-hydroxylation sites is 1. The summed E-state index contributed by atoms with van der Waals surface area (Å²) in [5.74, 6) is -1.04. The van der Waals surface area contributed by atoms with Crippen LogP contribution in [0.2, 0.25) is 5.02 Å². The molecule has 3 heterocycles. The second-order valence-electron chi connectivity index (χ2n) is 9.15. The fourth-order valence-corrected chi connectivity index (χ4v) is 5.42. The van der Waals surface area contributed by atoms with E-state index in [0.29, 0.717) is 28.4 Å². The number of benzene rings is 1. The summed E-state index contributed by atoms with van der Waals surface area (Å²) in [5, 5.41) is 15.3. The summed E-state index contributed by atoms with van der Waals surface area (Å²) in [7, 11) is -1.08. The molecule has 2 N–H and O–H groups in total. The zero-order chi connectivity index (χ0) is 25.0. The van der Waals surface area contributed by atoms with Crippen LogP contribution in [0.1, 0.15) is 6.42 Å². The number of aromatic nitrogens is 4. The molecule has 13 heteroatoms. The first-order chi connectivity index (χ1) is 16.5. The van der Waals surface area contributed by atoms with E-state index in [2.05, 4.69) is 30.8 Å². The Bertz CT molecular complexity index is 1350. The third-order valence-corrected chi connectivity index (χ3v) is 8.03. The van der Waals surface area contributed by atoms with Gasteiger partial charge in [0, 0.05) is 30.9 Å². The smallest absolute Gasteiger partial charge is 0.258 e. The lowest BCUT2D eigenvalue weighted by molar-refractivity contribution is 0.0517. The Kier molecular flexibility index (Phi) is 5.60. The van der Waals surface area contributed by atoms with Crippen molar-refractivity contribution in [2.75, 3.05) is 49.1 Å². The van der Waals surface area contributed by atoms with E-state index in [1.54, 1.807) is 36.4 Å². The molecule has 0 atom stereocenters. The van der Waals surface area contributed by atoms with Gasteiger partial charge in [-0.3, -0.25) is 0 Å². The Hall–Kier alpha value is -3.04. The second kappa shape index (κ2) is 8.27. The summed E-state index contributed by atoms with van der Waals surface area (Å²) in [5.41, 5.74) is -0.288. The summed E-state index contributed by atoms with van der Waals surface area (Å²) in [6.07, 6.45) is 1.34. The van der Waals surface area contributed by atoms with Crippen LogP contribution in [0.25, 0.3) is 0 Å². The fraction of sp³-hybridized carbons (Fsp3) is 0.364. The van der Waals surface area contributed by atoms with E-state index in [4.69, 9.17) is 16.3 Å². The second-order valence-corrected chi connectivity index (χ2v) is 12.7. The van der Waals surface area contributed by atoms with Crippen molar-refractivity contribution in [3.05, 3.63) is 41.6 Å². The van der Waals surface area contributed by atoms with E-state index < -0.39 is 18.5 Å². The van der Waals surface area contributed by atoms with E-state index in [1.165, 1.54) is 13.3 Å². The first kappa shape index (κ1) is 23.7. The van der Waals surface area contributed by atoms with E-state index >= 15 is 0 Å². The van der Waals surface area contributed by atoms with Gasteiger partial charge in [-0.1, -0.05) is 23.7 Å². The van der Waals surface area contributed by atoms with Crippen LogP contribution in [0.5, 0.6) is 5.75 Å². The number of methoxy groups -OCH3 is 1. The minimum atomic E-state index is -2.59. The van der Waals surface area contributed by atoms with Crippen molar-refractivity contribution in [2.45, 2.75) is 12.3 Å². The number of alkyl halides is 2. The van der Waals surface area contributed by atoms with Crippen molar-refractivity contribution in [2.24, 2.45) is 5.41 Å². The molecule has 1 spiro atoms. The molecule has 1 aromatic carbocycles. The van der Waals surface area contributed by atoms with E-state index in [-0.39, 0.29) is 36.3 Å². The third-order valence-electron chi connectivity index (χ3n) is 6.20. The molecule has 1 aliphatic heterocycles. The minimum Gasteiger partial charge on any atom is -0.493 e. The normalized spacial score (nSPS) is 17.6. The number of hydrogen-bond acceptors (Lipinski definition) is 9. The van der Waals surface area contributed by atoms with Crippen molar-refractivity contribution in [3.8, 4) is 5.75 Å². The van der Waals surface area contributed by atoms with Gasteiger partial charge in [-0.15, -0.1) is 10.2 Å². The maximum atomic E-state index is 13.5. The summed E-state index contributed by atoms with van der Waals surface area (Å²) in [6.45, 7) is 3.85. The predicted molar refractivity (Wildman–Crippen MR) is 132 cm³/mol. The molecule has 0 unspecified atom stereocenters. The SMILES string of the molecule is COc1cc(N2CC3(C2)CC3(F)F)nnc1Nc1ncc(Cl)c(Nc2ccccc2P(C)(C)=O)n1. The topological polar surface area (TPSA) is 105 Å². The maximum absolute atomic E-state index is 13.5. The Balaban J connectivity index is 1.35. The molecule has 1 saturated carbocycles. The Morgan fingerprint density at radius 1 is 1.14 bits per heavy atom. The summed E-state index contributed by atoms with van der Waals surface area (Å²) in [4.78, 5) is 10.4. The molecule has 9 nitrogen and oxygen atoms in total. The van der Waals surface area contributed by atoms with Gasteiger partial charge in [0.2, 0.25) is 5.95 Å². The molecular weight excluding hydrogens is 499 g/mol. The monoisotopic (exact) mass is 521 g/mol. The predicted octanol–water partition coefficient (Wildman–Crippen LogP) is 4.51. The van der Waals surface area contributed by atoms with E-state index in [9.17, 15) is 13.3 Å². The van der Waals surface area contributed by atoms with Gasteiger partial charge in [-0.05, 0) is 25.5 Å². The van der Waals surface area contributed by atoms with Gasteiger partial charge in [-0.25, -0.2) is 13.8 Å². The molecule has 184 valence electrons. The van der Waals surface area contributed by atoms with Crippen molar-refractivity contribution < 1.29 is 18.1 Å². The number of nitrogens with one attached hydrogen (secondary N) is 2. The van der Waals surface area contributed by atoms with Crippen LogP contribution in [0, 0.1) is 5.41 Å². The van der Waals surface area contributed by atoms with Gasteiger partial charge < -0.3 is 24.8 Å². The largest absolute Gasteiger partial charge is 0.493 e. The van der Waals surface area contributed by atoms with Crippen molar-refractivity contribution in [3.63, 3.8) is 0 Å². The molecule has 1 aliphatic carbocycles. The van der Waals surface area contributed by atoms with Crippen molar-refractivity contribution >= 4 is 53.1 Å². The number of hydrogen-bond donors (Lipinski definition) is 2. The lowest BCUT2D eigenvalue weighted by atomic mass is 9.96. The minimum absolute atomic E-state index is 0.0798. The Morgan fingerprint density at radius 3 is 2.51 bits per heavy atom. The van der Waals surface area contributed by atoms with Gasteiger partial charge in [-0.2, -0.15) is 4.98 Å². The highest BCUT2D eigenvalue weighted by Gasteiger charge is 2.76. The molecule has 35 heavy (non-hydrogen) atoms. The molecule has 1 saturated heterocycles. The molecule has 2 aromatic heterocycles. The third kappa shape index (κ3) is 4.38. The molecule has 3 aromatic rings. The molecule has 2 aliphatic rings. The van der Waals surface area contributed by atoms with Crippen LogP contribution >= 0.6 is 18.7 Å². The van der Waals surface area contributed by atoms with Gasteiger partial charge in [0.15, 0.2) is 23.2 Å². The van der Waals surface area contributed by atoms with Gasteiger partial charge in [0.25, 0.3) is 5.92 Å². The Labute approximate surface area is 205 Å². The molecule has 2 fully saturated rings. The first-order valence-corrected chi connectivity index (χ1v) is 13.7. The van der Waals surface area contributed by atoms with E-state index in [0.717, 1.165) is 0 Å². The zero-order valence-electron chi connectivity index (χ0n) is 19.2. The van der Waals surface area contributed by atoms with Crippen molar-refractivity contribution in [1.29, 1.82) is 0 Å². The van der Waals surface area contributed by atoms with Crippen LogP contribution < -0.4 is 25.6 Å². The Morgan fingerprint density at radius 2 is 1.86 bits per heavy atom. The number of rotatable bonds is 7. The summed E-state index contributed by atoms with van der Waals surface area (Å²) in [6, 6.07) is 8.87. The summed E-state index contributed by atoms with van der Waals surface area (Å²) < 4.78 is 45.1. The van der Waals surface area contributed by atoms with Gasteiger partial charge >= 0.3 is 0 Å². The van der Waals surface area contributed by atoms with Crippen LogP contribution in [-0.2, 0) is 4.57 Å². The van der Waals surface area contributed by atoms with Crippen molar-refractivity contribution in [1.82, 2.24) is 20.2 Å². The average Bonchev–Trinajstić information content (AvgIpc) is 3.37. The summed E-state index contributed by atoms with van der Waals surface area (Å²) >= 11 is 6.30. The highest BCUT2D eigenvalue weighted by Crippen LogP contribution is 2.65. The zero-order valence-corrected chi connectivity index (χ0v) is 20.9. The fourth-order valence-electron chi connectivity index (χ4n) is 4.13. The molecule has 0 amide bonds. The quantitative estimate of drug-likeness (QED) is 0.434. The van der Waals surface area contributed by atoms with Crippen LogP contribution in [0.4, 0.5) is 37.9 Å². The lowest BCUT2D eigenvalue weighted by Crippen LogP contribution is -2.52. The molecular formula is C22H23ClF2N7O2P. The van der Waals surface area contributed by atoms with E-state index in [1.807, 2.05) is 12.1 Å². The highest BCUT2D eigenvalue weighted by molar-refractivity contribution is 7.70. The number of halogens is 3. The van der Waals surface area contributed by atoms with Crippen LogP contribution in [-0.4, -0.2) is 59.6 Å².